The number of halogens is 2. The minimum absolute atomic E-state index is 0.0508. The quantitative estimate of drug-likeness (QED) is 0.166. The van der Waals surface area contributed by atoms with Crippen LogP contribution in [0.2, 0.25) is 0 Å². The molecule has 0 radical (unpaired) electrons. The molecule has 0 fully saturated rings. The van der Waals surface area contributed by atoms with Crippen molar-refractivity contribution in [2.75, 3.05) is 7.11 Å². The standard InChI is InChI=1S/C29H22Br2N2O5/c1-16-5-7-17(8-6-16)29(34)38-27-21(31)12-18(13-26(27)35-2)28-33-23(15-22(32-33)25-4-3-11-36-25)20-14-19(30)9-10-24(20)37-28/h3-14,23,28H,15H2,1-2H3. The normalized spacial score (nSPS) is 17.8. The van der Waals surface area contributed by atoms with Crippen LogP contribution in [0.5, 0.6) is 17.2 Å². The number of aryl methyl sites for hydroxylation is 1. The molecule has 9 heteroatoms. The van der Waals surface area contributed by atoms with Crippen molar-refractivity contribution in [2.45, 2.75) is 25.6 Å². The van der Waals surface area contributed by atoms with Crippen LogP contribution in [0.25, 0.3) is 0 Å². The molecular formula is C29H22Br2N2O5. The first-order valence-corrected chi connectivity index (χ1v) is 13.5. The highest BCUT2D eigenvalue weighted by Gasteiger charge is 2.42. The van der Waals surface area contributed by atoms with E-state index in [2.05, 4.69) is 37.9 Å². The Morgan fingerprint density at radius 3 is 2.63 bits per heavy atom. The van der Waals surface area contributed by atoms with Crippen molar-refractivity contribution in [3.63, 3.8) is 0 Å². The van der Waals surface area contributed by atoms with E-state index in [1.54, 1.807) is 18.4 Å². The van der Waals surface area contributed by atoms with E-state index in [1.807, 2.05) is 60.5 Å². The average molecular weight is 638 g/mol. The second kappa shape index (κ2) is 9.96. The van der Waals surface area contributed by atoms with Gasteiger partial charge in [0.2, 0.25) is 6.23 Å². The number of hydrazone groups is 1. The van der Waals surface area contributed by atoms with Crippen LogP contribution in [-0.2, 0) is 0 Å². The van der Waals surface area contributed by atoms with Gasteiger partial charge < -0.3 is 18.6 Å². The lowest BCUT2D eigenvalue weighted by Gasteiger charge is -2.38. The number of rotatable bonds is 5. The highest BCUT2D eigenvalue weighted by atomic mass is 79.9. The van der Waals surface area contributed by atoms with E-state index < -0.39 is 12.2 Å². The highest BCUT2D eigenvalue weighted by Crippen LogP contribution is 2.50. The van der Waals surface area contributed by atoms with Crippen LogP contribution in [0.4, 0.5) is 0 Å². The molecule has 1 aromatic heterocycles. The number of methoxy groups -OCH3 is 1. The Hall–Kier alpha value is -3.56. The van der Waals surface area contributed by atoms with Gasteiger partial charge in [0, 0.05) is 22.0 Å². The molecular weight excluding hydrogens is 616 g/mol. The molecule has 2 atom stereocenters. The largest absolute Gasteiger partial charge is 0.493 e. The molecule has 0 saturated heterocycles. The molecule has 3 heterocycles. The van der Waals surface area contributed by atoms with Crippen molar-refractivity contribution in [2.24, 2.45) is 5.10 Å². The number of carbonyl (C=O) groups excluding carboxylic acids is 1. The molecule has 0 amide bonds. The number of benzene rings is 3. The van der Waals surface area contributed by atoms with Gasteiger partial charge in [-0.15, -0.1) is 0 Å². The van der Waals surface area contributed by atoms with Crippen LogP contribution in [0.3, 0.4) is 0 Å². The predicted molar refractivity (Wildman–Crippen MR) is 149 cm³/mol. The zero-order valence-electron chi connectivity index (χ0n) is 20.5. The Morgan fingerprint density at radius 2 is 1.89 bits per heavy atom. The molecule has 38 heavy (non-hydrogen) atoms. The zero-order chi connectivity index (χ0) is 26.4. The summed E-state index contributed by atoms with van der Waals surface area (Å²) in [5.74, 6) is 1.72. The van der Waals surface area contributed by atoms with Gasteiger partial charge in [-0.05, 0) is 77.5 Å². The van der Waals surface area contributed by atoms with Gasteiger partial charge >= 0.3 is 5.97 Å². The Bertz CT molecular complexity index is 1550. The molecule has 7 nitrogen and oxygen atoms in total. The summed E-state index contributed by atoms with van der Waals surface area (Å²) in [6.45, 7) is 1.96. The third kappa shape index (κ3) is 4.50. The Morgan fingerprint density at radius 1 is 1.08 bits per heavy atom. The second-order valence-corrected chi connectivity index (χ2v) is 10.8. The number of hydrogen-bond donors (Lipinski definition) is 0. The van der Waals surface area contributed by atoms with Crippen molar-refractivity contribution in [1.82, 2.24) is 5.01 Å². The number of nitrogens with zero attached hydrogens (tertiary/aromatic N) is 2. The summed E-state index contributed by atoms with van der Waals surface area (Å²) in [5, 5.41) is 6.87. The second-order valence-electron chi connectivity index (χ2n) is 9.07. The first kappa shape index (κ1) is 24.8. The van der Waals surface area contributed by atoms with E-state index in [-0.39, 0.29) is 6.04 Å². The number of fused-ring (bicyclic) bond motifs is 3. The zero-order valence-corrected chi connectivity index (χ0v) is 23.7. The van der Waals surface area contributed by atoms with E-state index in [0.29, 0.717) is 28.0 Å². The van der Waals surface area contributed by atoms with E-state index in [0.717, 1.165) is 38.4 Å². The van der Waals surface area contributed by atoms with Gasteiger partial charge in [-0.25, -0.2) is 9.80 Å². The fourth-order valence-corrected chi connectivity index (χ4v) is 5.61. The molecule has 0 spiro atoms. The van der Waals surface area contributed by atoms with Crippen LogP contribution in [0.1, 0.15) is 51.5 Å². The molecule has 0 bridgehead atoms. The average Bonchev–Trinajstić information content (AvgIpc) is 3.60. The molecule has 192 valence electrons. The minimum Gasteiger partial charge on any atom is -0.493 e. The van der Waals surface area contributed by atoms with Gasteiger partial charge in [0.1, 0.15) is 17.2 Å². The van der Waals surface area contributed by atoms with Crippen molar-refractivity contribution in [3.05, 3.63) is 110 Å². The first-order chi connectivity index (χ1) is 18.4. The van der Waals surface area contributed by atoms with Crippen LogP contribution in [0.15, 0.2) is 91.5 Å². The number of esters is 1. The minimum atomic E-state index is -0.548. The molecule has 2 unspecified atom stereocenters. The Balaban J connectivity index is 1.37. The molecule has 3 aromatic carbocycles. The third-order valence-electron chi connectivity index (χ3n) is 6.58. The van der Waals surface area contributed by atoms with Crippen molar-refractivity contribution < 1.29 is 23.4 Å². The summed E-state index contributed by atoms with van der Waals surface area (Å²) < 4.78 is 25.1. The maximum absolute atomic E-state index is 12.8. The van der Waals surface area contributed by atoms with Crippen LogP contribution in [0, 0.1) is 6.92 Å². The maximum Gasteiger partial charge on any atom is 0.343 e. The van der Waals surface area contributed by atoms with Gasteiger partial charge in [-0.3, -0.25) is 0 Å². The summed E-state index contributed by atoms with van der Waals surface area (Å²) in [5.41, 5.74) is 4.18. The summed E-state index contributed by atoms with van der Waals surface area (Å²) in [7, 11) is 1.54. The van der Waals surface area contributed by atoms with E-state index >= 15 is 0 Å². The van der Waals surface area contributed by atoms with Crippen LogP contribution in [-0.4, -0.2) is 23.8 Å². The predicted octanol–water partition coefficient (Wildman–Crippen LogP) is 7.58. The topological polar surface area (TPSA) is 73.5 Å². The fourth-order valence-electron chi connectivity index (χ4n) is 4.69. The van der Waals surface area contributed by atoms with Gasteiger partial charge in [0.05, 0.1) is 29.5 Å². The number of hydrogen-bond acceptors (Lipinski definition) is 7. The van der Waals surface area contributed by atoms with Gasteiger partial charge in [0.25, 0.3) is 0 Å². The molecule has 0 N–H and O–H groups in total. The summed E-state index contributed by atoms with van der Waals surface area (Å²) in [6, 6.07) is 20.6. The fraction of sp³-hybridized carbons (Fsp3) is 0.172. The van der Waals surface area contributed by atoms with Gasteiger partial charge in [-0.1, -0.05) is 33.6 Å². The number of furan rings is 1. The number of carbonyl (C=O) groups is 1. The monoisotopic (exact) mass is 636 g/mol. The molecule has 0 aliphatic carbocycles. The molecule has 2 aliphatic heterocycles. The summed E-state index contributed by atoms with van der Waals surface area (Å²) in [6.07, 6.45) is 1.77. The third-order valence-corrected chi connectivity index (χ3v) is 7.66. The number of ether oxygens (including phenoxy) is 3. The smallest absolute Gasteiger partial charge is 0.343 e. The van der Waals surface area contributed by atoms with Crippen molar-refractivity contribution in [3.8, 4) is 17.2 Å². The van der Waals surface area contributed by atoms with Gasteiger partial charge in [-0.2, -0.15) is 5.10 Å². The molecule has 4 aromatic rings. The van der Waals surface area contributed by atoms with Crippen molar-refractivity contribution in [1.29, 1.82) is 0 Å². The molecule has 6 rings (SSSR count). The molecule has 0 saturated carbocycles. The van der Waals surface area contributed by atoms with E-state index in [1.165, 1.54) is 7.11 Å². The lowest BCUT2D eigenvalue weighted by Crippen LogP contribution is -2.33. The van der Waals surface area contributed by atoms with Crippen molar-refractivity contribution >= 4 is 43.5 Å². The lowest BCUT2D eigenvalue weighted by molar-refractivity contribution is -0.0192. The Labute approximate surface area is 236 Å². The highest BCUT2D eigenvalue weighted by molar-refractivity contribution is 9.10. The van der Waals surface area contributed by atoms with E-state index in [4.69, 9.17) is 23.7 Å². The first-order valence-electron chi connectivity index (χ1n) is 11.9. The molecule has 2 aliphatic rings. The van der Waals surface area contributed by atoms with Crippen LogP contribution < -0.4 is 14.2 Å². The summed E-state index contributed by atoms with van der Waals surface area (Å²) in [4.78, 5) is 12.8. The van der Waals surface area contributed by atoms with Gasteiger partial charge in [0.15, 0.2) is 11.5 Å². The summed E-state index contributed by atoms with van der Waals surface area (Å²) >= 11 is 7.17. The van der Waals surface area contributed by atoms with Crippen LogP contribution >= 0.6 is 31.9 Å². The maximum atomic E-state index is 12.8. The Kier molecular flexibility index (Phi) is 6.49. The lowest BCUT2D eigenvalue weighted by atomic mass is 9.97. The SMILES string of the molecule is COc1cc(C2Oc3ccc(Br)cc3C3CC(c4ccco4)=NN32)cc(Br)c1OC(=O)c1ccc(C)cc1. The van der Waals surface area contributed by atoms with E-state index in [9.17, 15) is 4.79 Å².